The summed E-state index contributed by atoms with van der Waals surface area (Å²) in [5, 5.41) is 0. The van der Waals surface area contributed by atoms with Crippen molar-refractivity contribution < 1.29 is 9.59 Å². The topological polar surface area (TPSA) is 69.6 Å². The molecule has 23 heavy (non-hydrogen) atoms. The zero-order valence-corrected chi connectivity index (χ0v) is 13.5. The first-order valence-corrected chi connectivity index (χ1v) is 8.20. The van der Waals surface area contributed by atoms with Crippen molar-refractivity contribution in [3.05, 3.63) is 18.6 Å². The molecule has 0 spiro atoms. The number of anilines is 1. The number of carbonyl (C=O) groups is 2. The highest BCUT2D eigenvalue weighted by Crippen LogP contribution is 2.20. The van der Waals surface area contributed by atoms with Crippen molar-refractivity contribution >= 4 is 17.6 Å². The largest absolute Gasteiger partial charge is 0.352 e. The lowest BCUT2D eigenvalue weighted by atomic mass is 9.96. The summed E-state index contributed by atoms with van der Waals surface area (Å²) in [5.41, 5.74) is 0. The van der Waals surface area contributed by atoms with Crippen LogP contribution in [0.3, 0.4) is 0 Å². The first-order valence-electron chi connectivity index (χ1n) is 8.20. The highest BCUT2D eigenvalue weighted by molar-refractivity contribution is 5.81. The van der Waals surface area contributed by atoms with E-state index in [9.17, 15) is 9.59 Å². The molecule has 2 fully saturated rings. The monoisotopic (exact) mass is 317 g/mol. The van der Waals surface area contributed by atoms with Crippen LogP contribution in [-0.4, -0.2) is 70.9 Å². The third kappa shape index (κ3) is 3.60. The van der Waals surface area contributed by atoms with Gasteiger partial charge in [0.15, 0.2) is 0 Å². The minimum absolute atomic E-state index is 0.0456. The van der Waals surface area contributed by atoms with Crippen LogP contribution < -0.4 is 4.90 Å². The van der Waals surface area contributed by atoms with Gasteiger partial charge in [-0.05, 0) is 12.8 Å². The van der Waals surface area contributed by atoms with Gasteiger partial charge in [-0.1, -0.05) is 0 Å². The van der Waals surface area contributed by atoms with Crippen LogP contribution >= 0.6 is 0 Å². The fraction of sp³-hybridized carbons (Fsp3) is 0.625. The maximum atomic E-state index is 12.7. The van der Waals surface area contributed by atoms with E-state index in [-0.39, 0.29) is 17.7 Å². The van der Waals surface area contributed by atoms with Crippen molar-refractivity contribution in [2.45, 2.75) is 19.8 Å². The van der Waals surface area contributed by atoms with Crippen molar-refractivity contribution in [1.82, 2.24) is 19.8 Å². The number of carbonyl (C=O) groups excluding carboxylic acids is 2. The zero-order chi connectivity index (χ0) is 16.2. The Kier molecular flexibility index (Phi) is 4.73. The van der Waals surface area contributed by atoms with Crippen molar-refractivity contribution in [2.75, 3.05) is 44.2 Å². The molecule has 0 saturated carbocycles. The van der Waals surface area contributed by atoms with Crippen molar-refractivity contribution in [3.8, 4) is 0 Å². The van der Waals surface area contributed by atoms with Gasteiger partial charge in [0, 0.05) is 58.6 Å². The second-order valence-corrected chi connectivity index (χ2v) is 6.18. The Morgan fingerprint density at radius 3 is 2.52 bits per heavy atom. The average Bonchev–Trinajstić information content (AvgIpc) is 2.62. The molecule has 0 radical (unpaired) electrons. The Labute approximate surface area is 136 Å². The Balaban J connectivity index is 1.55. The first-order chi connectivity index (χ1) is 11.1. The van der Waals surface area contributed by atoms with E-state index in [2.05, 4.69) is 14.9 Å². The van der Waals surface area contributed by atoms with E-state index in [1.807, 2.05) is 4.90 Å². The molecule has 2 aliphatic rings. The number of amides is 2. The number of nitrogens with zero attached hydrogens (tertiary/aromatic N) is 5. The van der Waals surface area contributed by atoms with Crippen LogP contribution in [0.2, 0.25) is 0 Å². The maximum Gasteiger partial charge on any atom is 0.227 e. The Bertz CT molecular complexity index is 557. The van der Waals surface area contributed by atoms with E-state index in [0.717, 1.165) is 38.3 Å². The molecule has 0 unspecified atom stereocenters. The van der Waals surface area contributed by atoms with Crippen LogP contribution in [0, 0.1) is 5.92 Å². The molecular formula is C16H23N5O2. The highest BCUT2D eigenvalue weighted by atomic mass is 16.2. The normalized spacial score (nSPS) is 22.1. The van der Waals surface area contributed by atoms with E-state index in [1.54, 1.807) is 30.4 Å². The van der Waals surface area contributed by atoms with Gasteiger partial charge in [-0.3, -0.25) is 14.6 Å². The molecule has 1 aromatic heterocycles. The Morgan fingerprint density at radius 1 is 1.09 bits per heavy atom. The fourth-order valence-electron chi connectivity index (χ4n) is 3.33. The van der Waals surface area contributed by atoms with Gasteiger partial charge in [0.25, 0.3) is 0 Å². The number of piperazine rings is 1. The van der Waals surface area contributed by atoms with Gasteiger partial charge < -0.3 is 14.7 Å². The number of piperidine rings is 1. The molecule has 1 aromatic rings. The summed E-state index contributed by atoms with van der Waals surface area (Å²) in [4.78, 5) is 38.5. The zero-order valence-electron chi connectivity index (χ0n) is 13.5. The van der Waals surface area contributed by atoms with E-state index in [0.29, 0.717) is 19.6 Å². The average molecular weight is 317 g/mol. The molecule has 0 bridgehead atoms. The van der Waals surface area contributed by atoms with Crippen LogP contribution in [0.1, 0.15) is 19.8 Å². The number of aromatic nitrogens is 2. The third-order valence-corrected chi connectivity index (χ3v) is 4.68. The van der Waals surface area contributed by atoms with E-state index < -0.39 is 0 Å². The lowest BCUT2D eigenvalue weighted by Crippen LogP contribution is -2.53. The van der Waals surface area contributed by atoms with Crippen molar-refractivity contribution in [3.63, 3.8) is 0 Å². The molecule has 2 amide bonds. The predicted molar refractivity (Wildman–Crippen MR) is 85.8 cm³/mol. The van der Waals surface area contributed by atoms with Gasteiger partial charge in [0.1, 0.15) is 5.82 Å². The molecule has 0 aromatic carbocycles. The Morgan fingerprint density at radius 2 is 1.87 bits per heavy atom. The van der Waals surface area contributed by atoms with Gasteiger partial charge in [0.05, 0.1) is 12.1 Å². The van der Waals surface area contributed by atoms with Gasteiger partial charge in [-0.15, -0.1) is 0 Å². The molecule has 0 aliphatic carbocycles. The third-order valence-electron chi connectivity index (χ3n) is 4.68. The number of hydrogen-bond acceptors (Lipinski definition) is 5. The highest BCUT2D eigenvalue weighted by Gasteiger charge is 2.31. The lowest BCUT2D eigenvalue weighted by Gasteiger charge is -2.39. The molecule has 124 valence electrons. The first kappa shape index (κ1) is 15.7. The number of hydrogen-bond donors (Lipinski definition) is 0. The molecule has 3 heterocycles. The summed E-state index contributed by atoms with van der Waals surface area (Å²) < 4.78 is 0. The van der Waals surface area contributed by atoms with Gasteiger partial charge in [-0.2, -0.15) is 0 Å². The van der Waals surface area contributed by atoms with E-state index >= 15 is 0 Å². The molecule has 3 rings (SSSR count). The van der Waals surface area contributed by atoms with Gasteiger partial charge >= 0.3 is 0 Å². The molecule has 2 aliphatic heterocycles. The standard InChI is InChI=1S/C16H23N5O2/c1-13(22)21-6-2-3-14(12-21)16(23)20-9-7-19(8-10-20)15-11-17-4-5-18-15/h4-5,11,14H,2-3,6-10,12H2,1H3/t14-/m1/s1. The number of likely N-dealkylation sites (tertiary alicyclic amines) is 1. The SMILES string of the molecule is CC(=O)N1CCC[C@@H](C(=O)N2CCN(c3cnccn3)CC2)C1. The molecule has 0 N–H and O–H groups in total. The van der Waals surface area contributed by atoms with Crippen molar-refractivity contribution in [2.24, 2.45) is 5.92 Å². The summed E-state index contributed by atoms with van der Waals surface area (Å²) in [6, 6.07) is 0. The molecule has 2 saturated heterocycles. The van der Waals surface area contributed by atoms with E-state index in [4.69, 9.17) is 0 Å². The second kappa shape index (κ2) is 6.93. The molecular weight excluding hydrogens is 294 g/mol. The van der Waals surface area contributed by atoms with Crippen LogP contribution in [0.25, 0.3) is 0 Å². The summed E-state index contributed by atoms with van der Waals surface area (Å²) in [5.74, 6) is 1.07. The summed E-state index contributed by atoms with van der Waals surface area (Å²) in [7, 11) is 0. The minimum Gasteiger partial charge on any atom is -0.352 e. The summed E-state index contributed by atoms with van der Waals surface area (Å²) in [6.07, 6.45) is 6.89. The molecule has 7 nitrogen and oxygen atoms in total. The van der Waals surface area contributed by atoms with Crippen LogP contribution in [-0.2, 0) is 9.59 Å². The summed E-state index contributed by atoms with van der Waals surface area (Å²) >= 11 is 0. The lowest BCUT2D eigenvalue weighted by molar-refractivity contribution is -0.140. The van der Waals surface area contributed by atoms with Crippen LogP contribution in [0.5, 0.6) is 0 Å². The van der Waals surface area contributed by atoms with Crippen LogP contribution in [0.4, 0.5) is 5.82 Å². The van der Waals surface area contributed by atoms with E-state index in [1.165, 1.54) is 0 Å². The van der Waals surface area contributed by atoms with Gasteiger partial charge in [-0.25, -0.2) is 4.98 Å². The van der Waals surface area contributed by atoms with Crippen molar-refractivity contribution in [1.29, 1.82) is 0 Å². The number of rotatable bonds is 2. The minimum atomic E-state index is -0.0456. The fourth-order valence-corrected chi connectivity index (χ4v) is 3.33. The predicted octanol–water partition coefficient (Wildman–Crippen LogP) is 0.384. The molecule has 1 atom stereocenters. The Hall–Kier alpha value is -2.18. The van der Waals surface area contributed by atoms with Crippen LogP contribution in [0.15, 0.2) is 18.6 Å². The van der Waals surface area contributed by atoms with Gasteiger partial charge in [0.2, 0.25) is 11.8 Å². The molecule has 7 heteroatoms. The maximum absolute atomic E-state index is 12.7. The summed E-state index contributed by atoms with van der Waals surface area (Å²) in [6.45, 7) is 5.86. The smallest absolute Gasteiger partial charge is 0.227 e. The second-order valence-electron chi connectivity index (χ2n) is 6.18. The quantitative estimate of drug-likeness (QED) is 0.789.